The molecule has 0 bridgehead atoms. The van der Waals surface area contributed by atoms with Gasteiger partial charge in [0.2, 0.25) is 0 Å². The highest BCUT2D eigenvalue weighted by Crippen LogP contribution is 1.98. The van der Waals surface area contributed by atoms with Crippen molar-refractivity contribution in [2.45, 2.75) is 12.6 Å². The molecule has 0 spiro atoms. The number of hydrogen-bond donors (Lipinski definition) is 2. The molecule has 0 aliphatic heterocycles. The SMILES string of the molecule is O=C(O)C(CO[N+](=O)[O-])NCc1ccccc1. The van der Waals surface area contributed by atoms with Crippen LogP contribution in [0, 0.1) is 10.1 Å². The summed E-state index contributed by atoms with van der Waals surface area (Å²) in [6, 6.07) is 8.01. The van der Waals surface area contributed by atoms with E-state index in [1.807, 2.05) is 30.3 Å². The first kappa shape index (κ1) is 12.9. The molecule has 7 nitrogen and oxygen atoms in total. The highest BCUT2D eigenvalue weighted by atomic mass is 16.9. The van der Waals surface area contributed by atoms with Gasteiger partial charge in [-0.1, -0.05) is 30.3 Å². The number of nitrogens with zero attached hydrogens (tertiary/aromatic N) is 1. The average molecular weight is 240 g/mol. The van der Waals surface area contributed by atoms with Crippen LogP contribution in [-0.2, 0) is 16.2 Å². The van der Waals surface area contributed by atoms with Gasteiger partial charge in [0, 0.05) is 6.54 Å². The Labute approximate surface area is 97.1 Å². The van der Waals surface area contributed by atoms with Crippen LogP contribution in [0.1, 0.15) is 5.56 Å². The third-order valence-corrected chi connectivity index (χ3v) is 2.04. The normalized spacial score (nSPS) is 11.8. The lowest BCUT2D eigenvalue weighted by molar-refractivity contribution is -0.758. The second-order valence-corrected chi connectivity index (χ2v) is 3.28. The van der Waals surface area contributed by atoms with Crippen molar-refractivity contribution in [1.29, 1.82) is 0 Å². The highest BCUT2D eigenvalue weighted by molar-refractivity contribution is 5.73. The van der Waals surface area contributed by atoms with Crippen molar-refractivity contribution in [3.05, 3.63) is 46.0 Å². The first-order valence-electron chi connectivity index (χ1n) is 4.87. The van der Waals surface area contributed by atoms with Crippen LogP contribution in [0.25, 0.3) is 0 Å². The fourth-order valence-corrected chi connectivity index (χ4v) is 1.19. The number of hydrogen-bond acceptors (Lipinski definition) is 5. The van der Waals surface area contributed by atoms with Gasteiger partial charge >= 0.3 is 5.97 Å². The Morgan fingerprint density at radius 3 is 2.65 bits per heavy atom. The third-order valence-electron chi connectivity index (χ3n) is 2.04. The van der Waals surface area contributed by atoms with E-state index in [0.29, 0.717) is 6.54 Å². The second-order valence-electron chi connectivity index (χ2n) is 3.28. The van der Waals surface area contributed by atoms with Crippen molar-refractivity contribution >= 4 is 5.97 Å². The molecule has 0 heterocycles. The van der Waals surface area contributed by atoms with Crippen molar-refractivity contribution < 1.29 is 19.8 Å². The van der Waals surface area contributed by atoms with Crippen LogP contribution in [0.2, 0.25) is 0 Å². The molecule has 1 atom stereocenters. The maximum Gasteiger partial charge on any atom is 0.322 e. The molecule has 7 heteroatoms. The summed E-state index contributed by atoms with van der Waals surface area (Å²) in [5.74, 6) is -1.19. The number of benzene rings is 1. The summed E-state index contributed by atoms with van der Waals surface area (Å²) in [5, 5.41) is 20.4. The van der Waals surface area contributed by atoms with Gasteiger partial charge in [-0.2, -0.15) is 0 Å². The van der Waals surface area contributed by atoms with Crippen LogP contribution >= 0.6 is 0 Å². The van der Waals surface area contributed by atoms with E-state index in [0.717, 1.165) is 5.56 Å². The Hall–Kier alpha value is -2.15. The molecule has 92 valence electrons. The van der Waals surface area contributed by atoms with Gasteiger partial charge in [-0.3, -0.25) is 10.1 Å². The van der Waals surface area contributed by atoms with E-state index in [1.54, 1.807) is 0 Å². The van der Waals surface area contributed by atoms with E-state index in [9.17, 15) is 14.9 Å². The molecule has 2 N–H and O–H groups in total. The Balaban J connectivity index is 2.45. The Bertz CT molecular complexity index is 382. The fourth-order valence-electron chi connectivity index (χ4n) is 1.19. The summed E-state index contributed by atoms with van der Waals surface area (Å²) < 4.78 is 0. The summed E-state index contributed by atoms with van der Waals surface area (Å²) in [5.41, 5.74) is 0.889. The van der Waals surface area contributed by atoms with Gasteiger partial charge in [0.15, 0.2) is 0 Å². The molecule has 1 aromatic rings. The minimum Gasteiger partial charge on any atom is -0.480 e. The van der Waals surface area contributed by atoms with Crippen molar-refractivity contribution in [1.82, 2.24) is 5.32 Å². The fraction of sp³-hybridized carbons (Fsp3) is 0.300. The molecule has 1 unspecified atom stereocenters. The van der Waals surface area contributed by atoms with E-state index in [-0.39, 0.29) is 0 Å². The Morgan fingerprint density at radius 2 is 2.12 bits per heavy atom. The first-order chi connectivity index (χ1) is 8.09. The molecular formula is C10H12N2O5. The largest absolute Gasteiger partial charge is 0.480 e. The van der Waals surface area contributed by atoms with Gasteiger partial charge in [-0.05, 0) is 5.56 Å². The number of nitrogens with one attached hydrogen (secondary N) is 1. The second kappa shape index (κ2) is 6.44. The summed E-state index contributed by atoms with van der Waals surface area (Å²) in [6.07, 6.45) is 0. The summed E-state index contributed by atoms with van der Waals surface area (Å²) >= 11 is 0. The molecule has 0 saturated carbocycles. The lowest BCUT2D eigenvalue weighted by Gasteiger charge is -2.12. The van der Waals surface area contributed by atoms with E-state index in [1.165, 1.54) is 0 Å². The summed E-state index contributed by atoms with van der Waals surface area (Å²) in [7, 11) is 0. The third kappa shape index (κ3) is 4.94. The van der Waals surface area contributed by atoms with Gasteiger partial charge < -0.3 is 9.94 Å². The lowest BCUT2D eigenvalue weighted by Crippen LogP contribution is -2.40. The van der Waals surface area contributed by atoms with Crippen molar-refractivity contribution in [3.63, 3.8) is 0 Å². The van der Waals surface area contributed by atoms with Crippen LogP contribution in [-0.4, -0.2) is 28.8 Å². The smallest absolute Gasteiger partial charge is 0.322 e. The molecule has 1 aromatic carbocycles. The van der Waals surface area contributed by atoms with Crippen molar-refractivity contribution in [2.24, 2.45) is 0 Å². The molecule has 0 fully saturated rings. The number of carbonyl (C=O) groups is 1. The van der Waals surface area contributed by atoms with Crippen LogP contribution < -0.4 is 5.32 Å². The van der Waals surface area contributed by atoms with Crippen LogP contribution in [0.3, 0.4) is 0 Å². The number of aliphatic carboxylic acids is 1. The van der Waals surface area contributed by atoms with Crippen molar-refractivity contribution in [3.8, 4) is 0 Å². The number of rotatable bonds is 7. The topological polar surface area (TPSA) is 102 Å². The average Bonchev–Trinajstić information content (AvgIpc) is 2.29. The zero-order chi connectivity index (χ0) is 12.7. The van der Waals surface area contributed by atoms with E-state index >= 15 is 0 Å². The monoisotopic (exact) mass is 240 g/mol. The van der Waals surface area contributed by atoms with E-state index < -0.39 is 23.7 Å². The van der Waals surface area contributed by atoms with Crippen LogP contribution in [0.5, 0.6) is 0 Å². The molecule has 0 saturated heterocycles. The predicted molar refractivity (Wildman–Crippen MR) is 57.7 cm³/mol. The minimum atomic E-state index is -1.19. The van der Waals surface area contributed by atoms with Crippen molar-refractivity contribution in [2.75, 3.05) is 6.61 Å². The van der Waals surface area contributed by atoms with E-state index in [4.69, 9.17) is 5.11 Å². The lowest BCUT2D eigenvalue weighted by atomic mass is 10.2. The molecule has 0 aromatic heterocycles. The number of carboxylic acid groups (broad SMARTS) is 1. The first-order valence-corrected chi connectivity index (χ1v) is 4.87. The zero-order valence-electron chi connectivity index (χ0n) is 8.91. The quantitative estimate of drug-likeness (QED) is 0.529. The minimum absolute atomic E-state index is 0.304. The van der Waals surface area contributed by atoms with E-state index in [2.05, 4.69) is 10.2 Å². The standard InChI is InChI=1S/C10H12N2O5/c13-10(14)9(7-17-12(15)16)11-6-8-4-2-1-3-5-8/h1-5,9,11H,6-7H2,(H,13,14). The molecule has 0 aliphatic rings. The Morgan fingerprint density at radius 1 is 1.47 bits per heavy atom. The predicted octanol–water partition coefficient (Wildman–Crippen LogP) is 0.438. The van der Waals surface area contributed by atoms with Gasteiger partial charge in [-0.15, -0.1) is 10.1 Å². The van der Waals surface area contributed by atoms with Gasteiger partial charge in [-0.25, -0.2) is 0 Å². The molecular weight excluding hydrogens is 228 g/mol. The number of carboxylic acids is 1. The van der Waals surface area contributed by atoms with Crippen LogP contribution in [0.4, 0.5) is 0 Å². The molecule has 1 rings (SSSR count). The zero-order valence-corrected chi connectivity index (χ0v) is 8.91. The molecule has 0 aliphatic carbocycles. The highest BCUT2D eigenvalue weighted by Gasteiger charge is 2.18. The summed E-state index contributed by atoms with van der Waals surface area (Å²) in [4.78, 5) is 24.8. The molecule has 0 amide bonds. The Kier molecular flexibility index (Phi) is 4.89. The van der Waals surface area contributed by atoms with Gasteiger partial charge in [0.25, 0.3) is 5.09 Å². The molecule has 0 radical (unpaired) electrons. The summed E-state index contributed by atoms with van der Waals surface area (Å²) in [6.45, 7) is -0.214. The molecule has 17 heavy (non-hydrogen) atoms. The van der Waals surface area contributed by atoms with Gasteiger partial charge in [0.05, 0.1) is 0 Å². The maximum atomic E-state index is 10.8. The maximum absolute atomic E-state index is 10.8. The van der Waals surface area contributed by atoms with Gasteiger partial charge in [0.1, 0.15) is 12.6 Å². The van der Waals surface area contributed by atoms with Crippen LogP contribution in [0.15, 0.2) is 30.3 Å².